The molecule has 1 saturated heterocycles. The first-order valence-electron chi connectivity index (χ1n) is 7.45. The largest absolute Gasteiger partial charge is 0.431 e. The number of furan rings is 1. The smallest absolute Gasteiger partial charge is 0.249 e. The highest BCUT2D eigenvalue weighted by Crippen LogP contribution is 2.32. The predicted molar refractivity (Wildman–Crippen MR) is 81.8 cm³/mol. The van der Waals surface area contributed by atoms with Gasteiger partial charge in [-0.05, 0) is 32.3 Å². The first kappa shape index (κ1) is 13.4. The average molecular weight is 299 g/mol. The van der Waals surface area contributed by atoms with Gasteiger partial charge in [0.05, 0.1) is 11.1 Å². The van der Waals surface area contributed by atoms with Crippen LogP contribution in [0.3, 0.4) is 0 Å². The SMILES string of the molecule is Cc1nnc2oc3c(NC4CCOCC4)ncnc3c2c1C. The Morgan fingerprint density at radius 3 is 2.77 bits per heavy atom. The van der Waals surface area contributed by atoms with E-state index in [1.807, 2.05) is 13.8 Å². The van der Waals surface area contributed by atoms with Gasteiger partial charge in [-0.25, -0.2) is 9.97 Å². The van der Waals surface area contributed by atoms with Crippen molar-refractivity contribution < 1.29 is 9.15 Å². The van der Waals surface area contributed by atoms with Crippen LogP contribution in [0.2, 0.25) is 0 Å². The number of nitrogens with one attached hydrogen (secondary N) is 1. The molecule has 0 aromatic carbocycles. The third-order valence-corrected chi connectivity index (χ3v) is 4.22. The molecule has 7 nitrogen and oxygen atoms in total. The van der Waals surface area contributed by atoms with Gasteiger partial charge in [-0.15, -0.1) is 5.10 Å². The summed E-state index contributed by atoms with van der Waals surface area (Å²) in [4.78, 5) is 8.73. The van der Waals surface area contributed by atoms with E-state index in [0.29, 0.717) is 23.2 Å². The summed E-state index contributed by atoms with van der Waals surface area (Å²) >= 11 is 0. The van der Waals surface area contributed by atoms with Gasteiger partial charge in [0, 0.05) is 19.3 Å². The van der Waals surface area contributed by atoms with Crippen molar-refractivity contribution in [1.82, 2.24) is 20.2 Å². The first-order valence-corrected chi connectivity index (χ1v) is 7.45. The Morgan fingerprint density at radius 2 is 1.95 bits per heavy atom. The second-order valence-electron chi connectivity index (χ2n) is 5.62. The Morgan fingerprint density at radius 1 is 1.14 bits per heavy atom. The summed E-state index contributed by atoms with van der Waals surface area (Å²) in [5.41, 5.74) is 3.86. The number of hydrogen-bond donors (Lipinski definition) is 1. The van der Waals surface area contributed by atoms with Gasteiger partial charge in [0.15, 0.2) is 11.4 Å². The van der Waals surface area contributed by atoms with E-state index in [1.54, 1.807) is 6.33 Å². The van der Waals surface area contributed by atoms with E-state index < -0.39 is 0 Å². The minimum Gasteiger partial charge on any atom is -0.431 e. The fourth-order valence-electron chi connectivity index (χ4n) is 2.82. The van der Waals surface area contributed by atoms with Crippen molar-refractivity contribution >= 4 is 28.0 Å². The van der Waals surface area contributed by atoms with Crippen LogP contribution in [0.15, 0.2) is 10.7 Å². The van der Waals surface area contributed by atoms with Crippen molar-refractivity contribution in [2.24, 2.45) is 0 Å². The number of ether oxygens (including phenoxy) is 1. The van der Waals surface area contributed by atoms with Gasteiger partial charge in [0.1, 0.15) is 11.8 Å². The van der Waals surface area contributed by atoms with E-state index in [1.165, 1.54) is 0 Å². The normalized spacial score (nSPS) is 16.5. The summed E-state index contributed by atoms with van der Waals surface area (Å²) in [7, 11) is 0. The lowest BCUT2D eigenvalue weighted by molar-refractivity contribution is 0.0904. The molecule has 7 heteroatoms. The number of rotatable bonds is 2. The highest BCUT2D eigenvalue weighted by Gasteiger charge is 2.20. The van der Waals surface area contributed by atoms with E-state index in [9.17, 15) is 0 Å². The fourth-order valence-corrected chi connectivity index (χ4v) is 2.82. The van der Waals surface area contributed by atoms with Crippen LogP contribution in [0.1, 0.15) is 24.1 Å². The van der Waals surface area contributed by atoms with Crippen molar-refractivity contribution in [2.75, 3.05) is 18.5 Å². The van der Waals surface area contributed by atoms with Gasteiger partial charge < -0.3 is 14.5 Å². The molecule has 1 N–H and O–H groups in total. The van der Waals surface area contributed by atoms with Crippen LogP contribution in [-0.2, 0) is 4.74 Å². The van der Waals surface area contributed by atoms with Crippen molar-refractivity contribution in [2.45, 2.75) is 32.7 Å². The Kier molecular flexibility index (Phi) is 3.15. The van der Waals surface area contributed by atoms with Crippen molar-refractivity contribution in [1.29, 1.82) is 0 Å². The van der Waals surface area contributed by atoms with E-state index in [4.69, 9.17) is 9.15 Å². The molecule has 0 bridgehead atoms. The van der Waals surface area contributed by atoms with E-state index in [-0.39, 0.29) is 0 Å². The molecule has 0 aliphatic carbocycles. The zero-order valence-electron chi connectivity index (χ0n) is 12.6. The average Bonchev–Trinajstić information content (AvgIpc) is 2.92. The molecular weight excluding hydrogens is 282 g/mol. The molecule has 114 valence electrons. The summed E-state index contributed by atoms with van der Waals surface area (Å²) in [5.74, 6) is 0.715. The molecule has 0 radical (unpaired) electrons. The van der Waals surface area contributed by atoms with Crippen molar-refractivity contribution in [3.8, 4) is 0 Å². The molecule has 0 unspecified atom stereocenters. The number of nitrogens with zero attached hydrogens (tertiary/aromatic N) is 4. The van der Waals surface area contributed by atoms with Crippen LogP contribution >= 0.6 is 0 Å². The molecule has 22 heavy (non-hydrogen) atoms. The number of aryl methyl sites for hydroxylation is 2. The molecule has 1 aliphatic rings. The maximum Gasteiger partial charge on any atom is 0.249 e. The number of aromatic nitrogens is 4. The summed E-state index contributed by atoms with van der Waals surface area (Å²) in [6, 6.07) is 0.342. The summed E-state index contributed by atoms with van der Waals surface area (Å²) in [6.45, 7) is 5.49. The molecule has 3 aromatic rings. The molecular formula is C15H17N5O2. The molecule has 0 atom stereocenters. The lowest BCUT2D eigenvalue weighted by Crippen LogP contribution is -2.28. The van der Waals surface area contributed by atoms with Crippen LogP contribution < -0.4 is 5.32 Å². The topological polar surface area (TPSA) is 86.0 Å². The van der Waals surface area contributed by atoms with Gasteiger partial charge in [-0.2, -0.15) is 5.10 Å². The van der Waals surface area contributed by atoms with Crippen LogP contribution in [0.4, 0.5) is 5.82 Å². The molecule has 4 rings (SSSR count). The second kappa shape index (κ2) is 5.17. The number of hydrogen-bond acceptors (Lipinski definition) is 7. The zero-order valence-corrected chi connectivity index (χ0v) is 12.6. The minimum atomic E-state index is 0.342. The van der Waals surface area contributed by atoms with Crippen LogP contribution in [0, 0.1) is 13.8 Å². The Hall–Kier alpha value is -2.28. The van der Waals surface area contributed by atoms with Crippen LogP contribution in [0.25, 0.3) is 22.2 Å². The number of anilines is 1. The molecule has 0 spiro atoms. The molecule has 4 heterocycles. The van der Waals surface area contributed by atoms with E-state index >= 15 is 0 Å². The molecule has 1 fully saturated rings. The zero-order chi connectivity index (χ0) is 15.1. The summed E-state index contributed by atoms with van der Waals surface area (Å²) < 4.78 is 11.3. The van der Waals surface area contributed by atoms with Crippen molar-refractivity contribution in [3.05, 3.63) is 17.6 Å². The van der Waals surface area contributed by atoms with Crippen LogP contribution in [-0.4, -0.2) is 39.4 Å². The summed E-state index contributed by atoms with van der Waals surface area (Å²) in [6.07, 6.45) is 3.49. The Balaban J connectivity index is 1.84. The highest BCUT2D eigenvalue weighted by atomic mass is 16.5. The highest BCUT2D eigenvalue weighted by molar-refractivity contribution is 6.05. The lowest BCUT2D eigenvalue weighted by atomic mass is 10.1. The Bertz CT molecular complexity index is 839. The van der Waals surface area contributed by atoms with Gasteiger partial charge in [-0.3, -0.25) is 0 Å². The molecule has 1 aliphatic heterocycles. The fraction of sp³-hybridized carbons (Fsp3) is 0.467. The van der Waals surface area contributed by atoms with E-state index in [0.717, 1.165) is 48.2 Å². The van der Waals surface area contributed by atoms with Gasteiger partial charge in [0.25, 0.3) is 0 Å². The third kappa shape index (κ3) is 2.09. The van der Waals surface area contributed by atoms with Crippen LogP contribution in [0.5, 0.6) is 0 Å². The number of fused-ring (bicyclic) bond motifs is 3. The predicted octanol–water partition coefficient (Wildman–Crippen LogP) is 2.37. The first-order chi connectivity index (χ1) is 10.7. The van der Waals surface area contributed by atoms with E-state index in [2.05, 4.69) is 25.5 Å². The summed E-state index contributed by atoms with van der Waals surface area (Å²) in [5, 5.41) is 12.6. The minimum absolute atomic E-state index is 0.342. The second-order valence-corrected chi connectivity index (χ2v) is 5.62. The van der Waals surface area contributed by atoms with Gasteiger partial charge >= 0.3 is 0 Å². The maximum atomic E-state index is 5.87. The monoisotopic (exact) mass is 299 g/mol. The Labute approximate surface area is 127 Å². The maximum absolute atomic E-state index is 5.87. The lowest BCUT2D eigenvalue weighted by Gasteiger charge is -2.23. The van der Waals surface area contributed by atoms with Gasteiger partial charge in [-0.1, -0.05) is 0 Å². The van der Waals surface area contributed by atoms with Crippen molar-refractivity contribution in [3.63, 3.8) is 0 Å². The molecule has 3 aromatic heterocycles. The molecule has 0 amide bonds. The quantitative estimate of drug-likeness (QED) is 0.777. The van der Waals surface area contributed by atoms with Gasteiger partial charge in [0.2, 0.25) is 5.71 Å². The third-order valence-electron chi connectivity index (χ3n) is 4.22. The standard InChI is InChI=1S/C15H17N5O2/c1-8-9(2)19-20-15-11(8)12-13(22-15)14(17-7-16-12)18-10-3-5-21-6-4-10/h7,10H,3-6H2,1-2H3,(H,16,17,18). The molecule has 0 saturated carbocycles.